The molecule has 2 amide bonds. The smallest absolute Gasteiger partial charge is 0.306 e. The Balaban J connectivity index is 1.54. The number of hydrogen-bond donors (Lipinski definition) is 2. The number of halogens is 2. The van der Waals surface area contributed by atoms with Crippen molar-refractivity contribution in [3.63, 3.8) is 0 Å². The quantitative estimate of drug-likeness (QED) is 0.272. The van der Waals surface area contributed by atoms with Gasteiger partial charge in [0.05, 0.1) is 17.5 Å². The molecule has 0 saturated heterocycles. The minimum atomic E-state index is -0.526. The molecular weight excluding hydrogens is 520 g/mol. The van der Waals surface area contributed by atoms with E-state index in [2.05, 4.69) is 42.7 Å². The summed E-state index contributed by atoms with van der Waals surface area (Å²) in [5.41, 5.74) is 5.66. The molecule has 2 aromatic carbocycles. The van der Waals surface area contributed by atoms with Crippen LogP contribution in [-0.4, -0.2) is 31.0 Å². The van der Waals surface area contributed by atoms with Crippen molar-refractivity contribution in [2.24, 2.45) is 0 Å². The van der Waals surface area contributed by atoms with Crippen LogP contribution in [0.2, 0.25) is 0 Å². The van der Waals surface area contributed by atoms with Gasteiger partial charge in [-0.3, -0.25) is 25.2 Å². The second-order valence-corrected chi connectivity index (χ2v) is 8.04. The highest BCUT2D eigenvalue weighted by atomic mass is 79.9. The topological polar surface area (TPSA) is 93.7 Å². The number of esters is 1. The number of benzene rings is 2. The molecule has 0 aromatic heterocycles. The molecule has 0 unspecified atom stereocenters. The normalized spacial score (nSPS) is 10.2. The summed E-state index contributed by atoms with van der Waals surface area (Å²) in [7, 11) is 0. The van der Waals surface area contributed by atoms with E-state index in [1.165, 1.54) is 5.56 Å². The number of nitrogens with one attached hydrogen (secondary N) is 2. The first-order chi connectivity index (χ1) is 14.4. The second-order valence-electron chi connectivity index (χ2n) is 6.27. The largest absolute Gasteiger partial charge is 0.483 e. The first kappa shape index (κ1) is 23.9. The number of rotatable bonds is 10. The SMILES string of the molecule is O=C(CCC(=O)OCCCc1ccccc1)NNC(=O)COc1ccc(Br)cc1Br. The van der Waals surface area contributed by atoms with Gasteiger partial charge in [-0.15, -0.1) is 0 Å². The van der Waals surface area contributed by atoms with Crippen molar-refractivity contribution < 1.29 is 23.9 Å². The molecule has 0 radical (unpaired) electrons. The van der Waals surface area contributed by atoms with E-state index in [0.717, 1.165) is 10.9 Å². The van der Waals surface area contributed by atoms with Gasteiger partial charge in [0.25, 0.3) is 5.91 Å². The zero-order valence-corrected chi connectivity index (χ0v) is 19.3. The van der Waals surface area contributed by atoms with Gasteiger partial charge in [-0.2, -0.15) is 0 Å². The van der Waals surface area contributed by atoms with Crippen molar-refractivity contribution in [2.75, 3.05) is 13.2 Å². The van der Waals surface area contributed by atoms with Gasteiger partial charge in [-0.1, -0.05) is 46.3 Å². The molecule has 0 bridgehead atoms. The number of amides is 2. The summed E-state index contributed by atoms with van der Waals surface area (Å²) in [5, 5.41) is 0. The summed E-state index contributed by atoms with van der Waals surface area (Å²) >= 11 is 6.65. The monoisotopic (exact) mass is 540 g/mol. The lowest BCUT2D eigenvalue weighted by Gasteiger charge is -2.10. The van der Waals surface area contributed by atoms with Gasteiger partial charge in [0.15, 0.2) is 6.61 Å². The summed E-state index contributed by atoms with van der Waals surface area (Å²) in [6.07, 6.45) is 1.39. The molecule has 0 aliphatic heterocycles. The van der Waals surface area contributed by atoms with Gasteiger partial charge in [-0.25, -0.2) is 0 Å². The number of aryl methyl sites for hydroxylation is 1. The van der Waals surface area contributed by atoms with Crippen molar-refractivity contribution in [3.8, 4) is 5.75 Å². The summed E-state index contributed by atoms with van der Waals surface area (Å²) in [6.45, 7) is 0.0268. The molecule has 2 N–H and O–H groups in total. The van der Waals surface area contributed by atoms with Crippen LogP contribution in [0, 0.1) is 0 Å². The van der Waals surface area contributed by atoms with Crippen molar-refractivity contribution in [1.29, 1.82) is 0 Å². The van der Waals surface area contributed by atoms with Crippen LogP contribution >= 0.6 is 31.9 Å². The Morgan fingerprint density at radius 1 is 0.900 bits per heavy atom. The Kier molecular flexibility index (Phi) is 10.4. The molecule has 2 aromatic rings. The number of ether oxygens (including phenoxy) is 2. The molecule has 0 fully saturated rings. The number of hydrogen-bond acceptors (Lipinski definition) is 5. The minimum absolute atomic E-state index is 0.0601. The highest BCUT2D eigenvalue weighted by Gasteiger charge is 2.10. The van der Waals surface area contributed by atoms with Gasteiger partial charge >= 0.3 is 5.97 Å². The Labute approximate surface area is 191 Å². The lowest BCUT2D eigenvalue weighted by Crippen LogP contribution is -2.43. The number of hydrazine groups is 1. The summed E-state index contributed by atoms with van der Waals surface area (Å²) in [6, 6.07) is 15.2. The third-order valence-corrected chi connectivity index (χ3v) is 4.98. The molecule has 30 heavy (non-hydrogen) atoms. The van der Waals surface area contributed by atoms with E-state index in [0.29, 0.717) is 23.2 Å². The maximum Gasteiger partial charge on any atom is 0.306 e. The average molecular weight is 542 g/mol. The van der Waals surface area contributed by atoms with E-state index in [4.69, 9.17) is 9.47 Å². The lowest BCUT2D eigenvalue weighted by molar-refractivity contribution is -0.145. The number of carbonyl (C=O) groups is 3. The summed E-state index contributed by atoms with van der Waals surface area (Å²) in [5.74, 6) is -0.973. The van der Waals surface area contributed by atoms with Crippen LogP contribution in [0.1, 0.15) is 24.8 Å². The van der Waals surface area contributed by atoms with Gasteiger partial charge in [0.1, 0.15) is 5.75 Å². The molecule has 7 nitrogen and oxygen atoms in total. The molecule has 0 spiro atoms. The van der Waals surface area contributed by atoms with E-state index >= 15 is 0 Å². The maximum atomic E-state index is 11.8. The Hall–Kier alpha value is -2.39. The Morgan fingerprint density at radius 3 is 2.37 bits per heavy atom. The predicted molar refractivity (Wildman–Crippen MR) is 119 cm³/mol. The molecule has 0 heterocycles. The van der Waals surface area contributed by atoms with E-state index in [1.54, 1.807) is 18.2 Å². The zero-order valence-electron chi connectivity index (χ0n) is 16.2. The number of carbonyl (C=O) groups excluding carboxylic acids is 3. The molecule has 2 rings (SSSR count). The summed E-state index contributed by atoms with van der Waals surface area (Å²) in [4.78, 5) is 35.2. The van der Waals surface area contributed by atoms with Crippen LogP contribution in [0.3, 0.4) is 0 Å². The minimum Gasteiger partial charge on any atom is -0.483 e. The first-order valence-electron chi connectivity index (χ1n) is 9.29. The molecular formula is C21H22Br2N2O5. The molecule has 0 saturated carbocycles. The fraction of sp³-hybridized carbons (Fsp3) is 0.286. The second kappa shape index (κ2) is 13.0. The summed E-state index contributed by atoms with van der Waals surface area (Å²) < 4.78 is 12.0. The fourth-order valence-corrected chi connectivity index (χ4v) is 3.53. The molecule has 0 aliphatic carbocycles. The van der Waals surface area contributed by atoms with Gasteiger partial charge in [0.2, 0.25) is 5.91 Å². The molecule has 0 atom stereocenters. The highest BCUT2D eigenvalue weighted by Crippen LogP contribution is 2.28. The van der Waals surface area contributed by atoms with Crippen molar-refractivity contribution in [2.45, 2.75) is 25.7 Å². The van der Waals surface area contributed by atoms with Crippen LogP contribution in [0.15, 0.2) is 57.5 Å². The van der Waals surface area contributed by atoms with Crippen molar-refractivity contribution >= 4 is 49.6 Å². The molecule has 9 heteroatoms. The van der Waals surface area contributed by atoms with Crippen LogP contribution in [0.25, 0.3) is 0 Å². The van der Waals surface area contributed by atoms with Gasteiger partial charge < -0.3 is 9.47 Å². The van der Waals surface area contributed by atoms with Crippen molar-refractivity contribution in [1.82, 2.24) is 10.9 Å². The van der Waals surface area contributed by atoms with E-state index in [9.17, 15) is 14.4 Å². The van der Waals surface area contributed by atoms with Gasteiger partial charge in [0, 0.05) is 10.9 Å². The van der Waals surface area contributed by atoms with Crippen LogP contribution in [0.5, 0.6) is 5.75 Å². The third-order valence-electron chi connectivity index (χ3n) is 3.87. The van der Waals surface area contributed by atoms with E-state index < -0.39 is 17.8 Å². The highest BCUT2D eigenvalue weighted by molar-refractivity contribution is 9.11. The van der Waals surface area contributed by atoms with E-state index in [-0.39, 0.29) is 19.4 Å². The Morgan fingerprint density at radius 2 is 1.63 bits per heavy atom. The van der Waals surface area contributed by atoms with Crippen LogP contribution < -0.4 is 15.6 Å². The fourth-order valence-electron chi connectivity index (χ4n) is 2.37. The van der Waals surface area contributed by atoms with Crippen LogP contribution in [0.4, 0.5) is 0 Å². The zero-order chi connectivity index (χ0) is 21.8. The van der Waals surface area contributed by atoms with Crippen LogP contribution in [-0.2, 0) is 25.5 Å². The van der Waals surface area contributed by atoms with E-state index in [1.807, 2.05) is 30.3 Å². The first-order valence-corrected chi connectivity index (χ1v) is 10.9. The predicted octanol–water partition coefficient (Wildman–Crippen LogP) is 3.69. The average Bonchev–Trinajstić information content (AvgIpc) is 2.74. The third kappa shape index (κ3) is 9.41. The van der Waals surface area contributed by atoms with Crippen molar-refractivity contribution in [3.05, 3.63) is 63.0 Å². The maximum absolute atomic E-state index is 11.8. The molecule has 160 valence electrons. The standard InChI is InChI=1S/C21H22Br2N2O5/c22-16-8-9-18(17(23)13-16)30-14-20(27)25-24-19(26)10-11-21(28)29-12-4-7-15-5-2-1-3-6-15/h1-3,5-6,8-9,13H,4,7,10-12,14H2,(H,24,26)(H,25,27). The van der Waals surface area contributed by atoms with Gasteiger partial charge in [-0.05, 0) is 52.5 Å². The lowest BCUT2D eigenvalue weighted by atomic mass is 10.1. The molecule has 0 aliphatic rings. The Bertz CT molecular complexity index is 862.